The van der Waals surface area contributed by atoms with Gasteiger partial charge >= 0.3 is 5.97 Å². The topological polar surface area (TPSA) is 46.5 Å². The van der Waals surface area contributed by atoms with E-state index in [0.717, 1.165) is 12.1 Å². The minimum atomic E-state index is -1.29. The summed E-state index contributed by atoms with van der Waals surface area (Å²) in [5, 5.41) is 8.96. The molecule has 6 heteroatoms. The molecule has 0 radical (unpaired) electrons. The second-order valence-electron chi connectivity index (χ2n) is 4.01. The van der Waals surface area contributed by atoms with E-state index in [4.69, 9.17) is 9.84 Å². The molecule has 0 unspecified atom stereocenters. The van der Waals surface area contributed by atoms with Crippen molar-refractivity contribution in [1.82, 2.24) is 0 Å². The van der Waals surface area contributed by atoms with E-state index in [-0.39, 0.29) is 17.9 Å². The van der Waals surface area contributed by atoms with E-state index in [1.54, 1.807) is 6.07 Å². The second-order valence-corrected chi connectivity index (χ2v) is 4.93. The lowest BCUT2D eigenvalue weighted by molar-refractivity contribution is 0.0691. The molecular weight excluding hydrogens is 334 g/mol. The van der Waals surface area contributed by atoms with Gasteiger partial charge in [-0.3, -0.25) is 0 Å². The van der Waals surface area contributed by atoms with Gasteiger partial charge in [-0.2, -0.15) is 0 Å². The molecule has 0 aromatic heterocycles. The van der Waals surface area contributed by atoms with Crippen LogP contribution in [0.1, 0.15) is 15.9 Å². The number of hydrogen-bond acceptors (Lipinski definition) is 2. The van der Waals surface area contributed by atoms with Gasteiger partial charge in [0, 0.05) is 4.47 Å². The summed E-state index contributed by atoms with van der Waals surface area (Å²) in [5.74, 6) is -2.36. The molecule has 0 spiro atoms. The molecule has 20 heavy (non-hydrogen) atoms. The average Bonchev–Trinajstić information content (AvgIpc) is 2.36. The van der Waals surface area contributed by atoms with Crippen molar-refractivity contribution in [3.05, 3.63) is 63.6 Å². The van der Waals surface area contributed by atoms with Gasteiger partial charge in [0.25, 0.3) is 0 Å². The first kappa shape index (κ1) is 14.5. The van der Waals surface area contributed by atoms with Gasteiger partial charge in [0.05, 0.1) is 0 Å². The van der Waals surface area contributed by atoms with Crippen LogP contribution >= 0.6 is 15.9 Å². The van der Waals surface area contributed by atoms with Crippen molar-refractivity contribution in [3.63, 3.8) is 0 Å². The van der Waals surface area contributed by atoms with Crippen molar-refractivity contribution >= 4 is 21.9 Å². The number of ether oxygens (including phenoxy) is 1. The summed E-state index contributed by atoms with van der Waals surface area (Å²) in [6.07, 6.45) is 0. The van der Waals surface area contributed by atoms with Gasteiger partial charge in [0.1, 0.15) is 29.6 Å². The highest BCUT2D eigenvalue weighted by atomic mass is 79.9. The van der Waals surface area contributed by atoms with Crippen molar-refractivity contribution in [3.8, 4) is 5.75 Å². The molecule has 0 aliphatic rings. The van der Waals surface area contributed by atoms with E-state index in [2.05, 4.69) is 15.9 Å². The fourth-order valence-corrected chi connectivity index (χ4v) is 2.16. The number of halogens is 3. The summed E-state index contributed by atoms with van der Waals surface area (Å²) in [7, 11) is 0. The number of aromatic carboxylic acids is 1. The third-order valence-electron chi connectivity index (χ3n) is 2.49. The fourth-order valence-electron chi connectivity index (χ4n) is 1.65. The minimum Gasteiger partial charge on any atom is -0.488 e. The third-order valence-corrected chi connectivity index (χ3v) is 2.95. The molecule has 0 aliphatic heterocycles. The lowest BCUT2D eigenvalue weighted by atomic mass is 10.2. The number of carboxylic acids is 1. The molecule has 0 bridgehead atoms. The Hall–Kier alpha value is -1.95. The Balaban J connectivity index is 2.20. The number of benzene rings is 2. The van der Waals surface area contributed by atoms with Crippen molar-refractivity contribution in [2.24, 2.45) is 0 Å². The first-order chi connectivity index (χ1) is 9.45. The van der Waals surface area contributed by atoms with Crippen LogP contribution in [0.5, 0.6) is 5.75 Å². The summed E-state index contributed by atoms with van der Waals surface area (Å²) in [6.45, 7) is -0.0255. The van der Waals surface area contributed by atoms with Crippen molar-refractivity contribution in [1.29, 1.82) is 0 Å². The highest BCUT2D eigenvalue weighted by Crippen LogP contribution is 2.22. The zero-order valence-electron chi connectivity index (χ0n) is 10.1. The van der Waals surface area contributed by atoms with Crippen LogP contribution in [-0.4, -0.2) is 11.1 Å². The smallest absolute Gasteiger partial charge is 0.339 e. The van der Waals surface area contributed by atoms with E-state index in [1.165, 1.54) is 18.2 Å². The van der Waals surface area contributed by atoms with Gasteiger partial charge in [0.2, 0.25) is 0 Å². The summed E-state index contributed by atoms with van der Waals surface area (Å²) >= 11 is 3.15. The first-order valence-electron chi connectivity index (χ1n) is 5.56. The maximum absolute atomic E-state index is 13.2. The third kappa shape index (κ3) is 3.54. The number of carbonyl (C=O) groups is 1. The second kappa shape index (κ2) is 6.00. The molecular formula is C14H9BrF2O3. The Bertz CT molecular complexity index is 639. The van der Waals surface area contributed by atoms with Gasteiger partial charge in [0.15, 0.2) is 0 Å². The van der Waals surface area contributed by atoms with Crippen LogP contribution < -0.4 is 4.74 Å². The van der Waals surface area contributed by atoms with Crippen LogP contribution in [-0.2, 0) is 6.61 Å². The fraction of sp³-hybridized carbons (Fsp3) is 0.0714. The Kier molecular flexibility index (Phi) is 4.34. The standard InChI is InChI=1S/C14H9BrF2O3/c15-9-3-8(4-11(17)5-9)7-20-13-2-1-10(16)6-12(13)14(18)19/h1-6H,7H2,(H,18,19). The minimum absolute atomic E-state index is 0.0255. The van der Waals surface area contributed by atoms with E-state index in [1.807, 2.05) is 0 Å². The van der Waals surface area contributed by atoms with Crippen LogP contribution in [0.15, 0.2) is 40.9 Å². The molecule has 2 aromatic carbocycles. The quantitative estimate of drug-likeness (QED) is 0.913. The summed E-state index contributed by atoms with van der Waals surface area (Å²) in [6, 6.07) is 7.42. The maximum atomic E-state index is 13.2. The molecule has 0 saturated carbocycles. The molecule has 0 fully saturated rings. The Morgan fingerprint density at radius 2 is 1.90 bits per heavy atom. The highest BCUT2D eigenvalue weighted by Gasteiger charge is 2.13. The van der Waals surface area contributed by atoms with Crippen molar-refractivity contribution in [2.45, 2.75) is 6.61 Å². The van der Waals surface area contributed by atoms with Crippen LogP contribution in [0.3, 0.4) is 0 Å². The van der Waals surface area contributed by atoms with Crippen LogP contribution in [0.25, 0.3) is 0 Å². The van der Waals surface area contributed by atoms with Crippen LogP contribution in [0, 0.1) is 11.6 Å². The Morgan fingerprint density at radius 1 is 1.15 bits per heavy atom. The normalized spacial score (nSPS) is 10.3. The predicted molar refractivity (Wildman–Crippen MR) is 71.8 cm³/mol. The molecule has 1 N–H and O–H groups in total. The SMILES string of the molecule is O=C(O)c1cc(F)ccc1OCc1cc(F)cc(Br)c1. The summed E-state index contributed by atoms with van der Waals surface area (Å²) in [5.41, 5.74) is 0.248. The first-order valence-corrected chi connectivity index (χ1v) is 6.35. The lowest BCUT2D eigenvalue weighted by Gasteiger charge is -2.09. The summed E-state index contributed by atoms with van der Waals surface area (Å²) in [4.78, 5) is 11.0. The van der Waals surface area contributed by atoms with E-state index in [9.17, 15) is 13.6 Å². The van der Waals surface area contributed by atoms with Crippen LogP contribution in [0.2, 0.25) is 0 Å². The number of hydrogen-bond donors (Lipinski definition) is 1. The predicted octanol–water partition coefficient (Wildman–Crippen LogP) is 4.00. The highest BCUT2D eigenvalue weighted by molar-refractivity contribution is 9.10. The number of carboxylic acid groups (broad SMARTS) is 1. The molecule has 0 atom stereocenters. The van der Waals surface area contributed by atoms with Crippen LogP contribution in [0.4, 0.5) is 8.78 Å². The van der Waals surface area contributed by atoms with Gasteiger partial charge in [-0.05, 0) is 42.0 Å². The van der Waals surface area contributed by atoms with Crippen molar-refractivity contribution < 1.29 is 23.4 Å². The average molecular weight is 343 g/mol. The van der Waals surface area contributed by atoms with Gasteiger partial charge in [-0.25, -0.2) is 13.6 Å². The zero-order valence-corrected chi connectivity index (χ0v) is 11.7. The molecule has 0 aliphatic carbocycles. The van der Waals surface area contributed by atoms with Gasteiger partial charge < -0.3 is 9.84 Å². The summed E-state index contributed by atoms with van der Waals surface area (Å²) < 4.78 is 32.1. The maximum Gasteiger partial charge on any atom is 0.339 e. The molecule has 0 saturated heterocycles. The number of rotatable bonds is 4. The lowest BCUT2D eigenvalue weighted by Crippen LogP contribution is -2.04. The Labute approximate surface area is 121 Å². The van der Waals surface area contributed by atoms with Gasteiger partial charge in [-0.1, -0.05) is 15.9 Å². The van der Waals surface area contributed by atoms with E-state index < -0.39 is 17.6 Å². The zero-order chi connectivity index (χ0) is 14.7. The largest absolute Gasteiger partial charge is 0.488 e. The van der Waals surface area contributed by atoms with E-state index >= 15 is 0 Å². The molecule has 2 rings (SSSR count). The molecule has 0 heterocycles. The van der Waals surface area contributed by atoms with E-state index in [0.29, 0.717) is 10.0 Å². The molecule has 3 nitrogen and oxygen atoms in total. The molecule has 0 amide bonds. The van der Waals surface area contributed by atoms with Gasteiger partial charge in [-0.15, -0.1) is 0 Å². The van der Waals surface area contributed by atoms with Crippen molar-refractivity contribution in [2.75, 3.05) is 0 Å². The molecule has 2 aromatic rings. The monoisotopic (exact) mass is 342 g/mol. The Morgan fingerprint density at radius 3 is 2.55 bits per heavy atom. The molecule has 104 valence electrons.